The molecule has 1 fully saturated rings. The molecule has 1 aromatic rings. The van der Waals surface area contributed by atoms with Crippen molar-refractivity contribution >= 4 is 21.4 Å². The van der Waals surface area contributed by atoms with E-state index in [1.54, 1.807) is 6.07 Å². The van der Waals surface area contributed by atoms with Gasteiger partial charge in [-0.05, 0) is 25.0 Å². The Balaban J connectivity index is 2.31. The van der Waals surface area contributed by atoms with Gasteiger partial charge in [-0.3, -0.25) is 4.72 Å². The van der Waals surface area contributed by atoms with Crippen molar-refractivity contribution in [2.24, 2.45) is 0 Å². The van der Waals surface area contributed by atoms with Crippen LogP contribution in [0.4, 0.5) is 11.4 Å². The zero-order valence-corrected chi connectivity index (χ0v) is 11.6. The molecule has 0 spiro atoms. The van der Waals surface area contributed by atoms with Gasteiger partial charge >= 0.3 is 0 Å². The molecule has 1 aromatic carbocycles. The Morgan fingerprint density at radius 3 is 2.50 bits per heavy atom. The maximum atomic E-state index is 11.3. The summed E-state index contributed by atoms with van der Waals surface area (Å²) in [6, 6.07) is 5.44. The first kappa shape index (κ1) is 13.0. The molecule has 1 saturated carbocycles. The van der Waals surface area contributed by atoms with Crippen LogP contribution in [0.1, 0.15) is 12.8 Å². The van der Waals surface area contributed by atoms with E-state index >= 15 is 0 Å². The van der Waals surface area contributed by atoms with Gasteiger partial charge in [0.05, 0.1) is 18.0 Å². The highest BCUT2D eigenvalue weighted by molar-refractivity contribution is 7.92. The lowest BCUT2D eigenvalue weighted by molar-refractivity contribution is 0.305. The van der Waals surface area contributed by atoms with Crippen LogP contribution in [0.15, 0.2) is 18.2 Å². The van der Waals surface area contributed by atoms with Gasteiger partial charge in [0.15, 0.2) is 0 Å². The molecule has 0 amide bonds. The monoisotopic (exact) mass is 270 g/mol. The molecule has 1 aliphatic rings. The van der Waals surface area contributed by atoms with Crippen LogP contribution in [0.25, 0.3) is 0 Å². The summed E-state index contributed by atoms with van der Waals surface area (Å²) in [5.74, 6) is 0.592. The van der Waals surface area contributed by atoms with Crippen LogP contribution in [0.3, 0.4) is 0 Å². The maximum Gasteiger partial charge on any atom is 0.229 e. The van der Waals surface area contributed by atoms with Gasteiger partial charge < -0.3 is 9.64 Å². The first-order chi connectivity index (χ1) is 8.35. The van der Waals surface area contributed by atoms with E-state index < -0.39 is 10.0 Å². The third kappa shape index (κ3) is 3.53. The lowest BCUT2D eigenvalue weighted by Crippen LogP contribution is -2.13. The van der Waals surface area contributed by atoms with Crippen molar-refractivity contribution in [3.8, 4) is 5.75 Å². The Bertz CT molecular complexity index is 536. The molecule has 0 aromatic heterocycles. The van der Waals surface area contributed by atoms with Gasteiger partial charge in [0.1, 0.15) is 5.75 Å². The normalized spacial score (nSPS) is 15.3. The van der Waals surface area contributed by atoms with E-state index in [9.17, 15) is 8.42 Å². The molecule has 0 heterocycles. The molecular weight excluding hydrogens is 252 g/mol. The summed E-state index contributed by atoms with van der Waals surface area (Å²) < 4.78 is 30.8. The molecule has 5 nitrogen and oxygen atoms in total. The molecule has 1 aliphatic carbocycles. The summed E-state index contributed by atoms with van der Waals surface area (Å²) in [5.41, 5.74) is 1.47. The number of anilines is 2. The van der Waals surface area contributed by atoms with Crippen molar-refractivity contribution in [3.05, 3.63) is 18.2 Å². The largest absolute Gasteiger partial charge is 0.488 e. The van der Waals surface area contributed by atoms with Gasteiger partial charge in [0.25, 0.3) is 0 Å². The van der Waals surface area contributed by atoms with E-state index in [4.69, 9.17) is 4.74 Å². The van der Waals surface area contributed by atoms with Crippen LogP contribution in [0, 0.1) is 0 Å². The van der Waals surface area contributed by atoms with E-state index in [0.29, 0.717) is 11.4 Å². The topological polar surface area (TPSA) is 58.6 Å². The van der Waals surface area contributed by atoms with Gasteiger partial charge in [-0.15, -0.1) is 0 Å². The maximum absolute atomic E-state index is 11.3. The summed E-state index contributed by atoms with van der Waals surface area (Å²) in [6.45, 7) is 0. The summed E-state index contributed by atoms with van der Waals surface area (Å²) in [7, 11) is 0.569. The quantitative estimate of drug-likeness (QED) is 0.884. The molecule has 0 saturated heterocycles. The van der Waals surface area contributed by atoms with Gasteiger partial charge in [-0.1, -0.05) is 0 Å². The molecule has 0 radical (unpaired) electrons. The highest BCUT2D eigenvalue weighted by Crippen LogP contribution is 2.35. The molecule has 1 N–H and O–H groups in total. The van der Waals surface area contributed by atoms with Crippen molar-refractivity contribution in [2.75, 3.05) is 30.0 Å². The second-order valence-corrected chi connectivity index (χ2v) is 6.51. The first-order valence-electron chi connectivity index (χ1n) is 5.81. The molecular formula is C12H18N2O3S. The van der Waals surface area contributed by atoms with E-state index in [1.807, 2.05) is 31.1 Å². The van der Waals surface area contributed by atoms with Crippen molar-refractivity contribution < 1.29 is 13.2 Å². The summed E-state index contributed by atoms with van der Waals surface area (Å²) in [6.07, 6.45) is 3.42. The Morgan fingerprint density at radius 2 is 2.00 bits per heavy atom. The predicted molar refractivity (Wildman–Crippen MR) is 72.9 cm³/mol. The number of benzene rings is 1. The van der Waals surface area contributed by atoms with Gasteiger partial charge in [0, 0.05) is 25.8 Å². The lowest BCUT2D eigenvalue weighted by atomic mass is 10.2. The van der Waals surface area contributed by atoms with Crippen LogP contribution in [-0.2, 0) is 10.0 Å². The van der Waals surface area contributed by atoms with Crippen molar-refractivity contribution in [3.63, 3.8) is 0 Å². The SMILES string of the molecule is CN(C)c1ccc(NS(C)(=O)=O)c(OC2CC2)c1. The first-order valence-corrected chi connectivity index (χ1v) is 7.70. The average Bonchev–Trinajstić information content (AvgIpc) is 3.02. The third-order valence-electron chi connectivity index (χ3n) is 2.59. The molecule has 100 valence electrons. The number of hydrogen-bond donors (Lipinski definition) is 1. The van der Waals surface area contributed by atoms with E-state index in [2.05, 4.69) is 4.72 Å². The average molecular weight is 270 g/mol. The lowest BCUT2D eigenvalue weighted by Gasteiger charge is -2.17. The smallest absolute Gasteiger partial charge is 0.229 e. The van der Waals surface area contributed by atoms with Gasteiger partial charge in [-0.2, -0.15) is 0 Å². The number of nitrogens with zero attached hydrogens (tertiary/aromatic N) is 1. The van der Waals surface area contributed by atoms with Crippen LogP contribution >= 0.6 is 0 Å². The number of rotatable bonds is 5. The fraction of sp³-hybridized carbons (Fsp3) is 0.500. The molecule has 2 rings (SSSR count). The summed E-state index contributed by atoms with van der Waals surface area (Å²) in [4.78, 5) is 1.95. The zero-order valence-electron chi connectivity index (χ0n) is 10.8. The summed E-state index contributed by atoms with van der Waals surface area (Å²) in [5, 5.41) is 0. The minimum absolute atomic E-state index is 0.225. The predicted octanol–water partition coefficient (Wildman–Crippen LogP) is 1.67. The summed E-state index contributed by atoms with van der Waals surface area (Å²) >= 11 is 0. The minimum Gasteiger partial charge on any atom is -0.488 e. The second-order valence-electron chi connectivity index (χ2n) is 4.77. The molecule has 0 atom stereocenters. The van der Waals surface area contributed by atoms with Crippen LogP contribution < -0.4 is 14.4 Å². The Kier molecular flexibility index (Phi) is 3.38. The van der Waals surface area contributed by atoms with E-state index in [1.165, 1.54) is 0 Å². The van der Waals surface area contributed by atoms with Crippen molar-refractivity contribution in [1.29, 1.82) is 0 Å². The fourth-order valence-corrected chi connectivity index (χ4v) is 2.10. The van der Waals surface area contributed by atoms with Crippen molar-refractivity contribution in [1.82, 2.24) is 0 Å². The molecule has 18 heavy (non-hydrogen) atoms. The molecule has 0 aliphatic heterocycles. The van der Waals surface area contributed by atoms with Gasteiger partial charge in [0.2, 0.25) is 10.0 Å². The van der Waals surface area contributed by atoms with Gasteiger partial charge in [-0.25, -0.2) is 8.42 Å². The number of sulfonamides is 1. The Hall–Kier alpha value is -1.43. The van der Waals surface area contributed by atoms with Crippen LogP contribution in [-0.4, -0.2) is 34.9 Å². The van der Waals surface area contributed by atoms with E-state index in [-0.39, 0.29) is 6.10 Å². The number of nitrogens with one attached hydrogen (secondary N) is 1. The van der Waals surface area contributed by atoms with Crippen LogP contribution in [0.2, 0.25) is 0 Å². The Labute approximate surface area is 108 Å². The Morgan fingerprint density at radius 1 is 1.33 bits per heavy atom. The third-order valence-corrected chi connectivity index (χ3v) is 3.19. The van der Waals surface area contributed by atoms with Crippen molar-refractivity contribution in [2.45, 2.75) is 18.9 Å². The molecule has 0 bridgehead atoms. The molecule has 6 heteroatoms. The van der Waals surface area contributed by atoms with Crippen LogP contribution in [0.5, 0.6) is 5.75 Å². The second kappa shape index (κ2) is 4.68. The van der Waals surface area contributed by atoms with E-state index in [0.717, 1.165) is 24.8 Å². The molecule has 0 unspecified atom stereocenters. The highest BCUT2D eigenvalue weighted by atomic mass is 32.2. The fourth-order valence-electron chi connectivity index (χ4n) is 1.54. The standard InChI is InChI=1S/C12H18N2O3S/c1-14(2)9-4-7-11(13-18(3,15)16)12(8-9)17-10-5-6-10/h4,7-8,10,13H,5-6H2,1-3H3. The number of ether oxygens (including phenoxy) is 1. The zero-order chi connectivity index (χ0) is 13.3. The minimum atomic E-state index is -3.29. The number of hydrogen-bond acceptors (Lipinski definition) is 4. The highest BCUT2D eigenvalue weighted by Gasteiger charge is 2.25.